The topological polar surface area (TPSA) is 72.2 Å². The third kappa shape index (κ3) is 2.67. The van der Waals surface area contributed by atoms with Gasteiger partial charge in [0, 0.05) is 10.8 Å². The molecule has 2 amide bonds. The smallest absolute Gasteiger partial charge is 0.251 e. The zero-order valence-electron chi connectivity index (χ0n) is 14.3. The Morgan fingerprint density at radius 3 is 2.71 bits per heavy atom. The Balaban J connectivity index is 1.57. The molecule has 24 heavy (non-hydrogen) atoms. The number of nitrogens with two attached hydrogens (primary N) is 1. The van der Waals surface area contributed by atoms with Crippen molar-refractivity contribution in [3.63, 3.8) is 0 Å². The molecule has 2 saturated carbocycles. The second-order valence-corrected chi connectivity index (χ2v) is 8.97. The summed E-state index contributed by atoms with van der Waals surface area (Å²) in [5.74, 6) is 1.81. The Labute approximate surface area is 147 Å². The first-order valence-corrected chi connectivity index (χ1v) is 10.1. The second kappa shape index (κ2) is 6.17. The van der Waals surface area contributed by atoms with Gasteiger partial charge in [0.15, 0.2) is 0 Å². The molecule has 0 aliphatic heterocycles. The van der Waals surface area contributed by atoms with E-state index in [9.17, 15) is 9.59 Å². The molecule has 3 aliphatic carbocycles. The second-order valence-electron chi connectivity index (χ2n) is 7.86. The zero-order chi connectivity index (χ0) is 16.8. The number of anilines is 1. The standard InChI is InChI=1S/C19H26N2O2S/c1-2-10-4-6-13-15(9-10)24-19(16(13)17(20)22)21-18(23)14-8-11-3-5-12(14)7-11/h10-12,14H,2-9H2,1H3,(H2,20,22)(H,21,23)/t10?,11-,12+,14?/m1/s1. The predicted molar refractivity (Wildman–Crippen MR) is 96.2 cm³/mol. The van der Waals surface area contributed by atoms with Crippen LogP contribution in [0.15, 0.2) is 0 Å². The molecule has 0 aromatic carbocycles. The van der Waals surface area contributed by atoms with Gasteiger partial charge in [-0.05, 0) is 61.8 Å². The number of thiophene rings is 1. The summed E-state index contributed by atoms with van der Waals surface area (Å²) in [7, 11) is 0. The fourth-order valence-corrected chi connectivity index (χ4v) is 6.49. The van der Waals surface area contributed by atoms with Crippen LogP contribution in [0.3, 0.4) is 0 Å². The Morgan fingerprint density at radius 2 is 2.08 bits per heavy atom. The molecule has 5 heteroatoms. The van der Waals surface area contributed by atoms with Crippen molar-refractivity contribution in [1.29, 1.82) is 0 Å². The lowest BCUT2D eigenvalue weighted by atomic mass is 9.85. The predicted octanol–water partition coefficient (Wildman–Crippen LogP) is 3.74. The van der Waals surface area contributed by atoms with Gasteiger partial charge >= 0.3 is 0 Å². The maximum atomic E-state index is 12.8. The molecule has 0 radical (unpaired) electrons. The summed E-state index contributed by atoms with van der Waals surface area (Å²) in [6.07, 6.45) is 8.90. The number of hydrogen-bond donors (Lipinski definition) is 2. The average molecular weight is 346 g/mol. The van der Waals surface area contributed by atoms with Crippen LogP contribution in [0.2, 0.25) is 0 Å². The summed E-state index contributed by atoms with van der Waals surface area (Å²) < 4.78 is 0. The van der Waals surface area contributed by atoms with Crippen LogP contribution in [-0.2, 0) is 17.6 Å². The molecule has 4 nitrogen and oxygen atoms in total. The van der Waals surface area contributed by atoms with E-state index < -0.39 is 5.91 Å². The van der Waals surface area contributed by atoms with Gasteiger partial charge in [-0.3, -0.25) is 9.59 Å². The van der Waals surface area contributed by atoms with Crippen LogP contribution in [0.1, 0.15) is 66.2 Å². The number of hydrogen-bond acceptors (Lipinski definition) is 3. The van der Waals surface area contributed by atoms with Crippen LogP contribution in [0.25, 0.3) is 0 Å². The van der Waals surface area contributed by atoms with Gasteiger partial charge in [0.05, 0.1) is 5.56 Å². The fourth-order valence-electron chi connectivity index (χ4n) is 5.12. The molecule has 4 atom stereocenters. The van der Waals surface area contributed by atoms with E-state index in [-0.39, 0.29) is 11.8 Å². The highest BCUT2D eigenvalue weighted by molar-refractivity contribution is 7.17. The van der Waals surface area contributed by atoms with E-state index in [1.165, 1.54) is 24.1 Å². The fraction of sp³-hybridized carbons (Fsp3) is 0.684. The van der Waals surface area contributed by atoms with Crippen LogP contribution in [0.5, 0.6) is 0 Å². The number of carbonyl (C=O) groups is 2. The van der Waals surface area contributed by atoms with Crippen LogP contribution < -0.4 is 11.1 Å². The van der Waals surface area contributed by atoms with Gasteiger partial charge in [0.2, 0.25) is 5.91 Å². The third-order valence-corrected chi connectivity index (χ3v) is 7.67. The van der Waals surface area contributed by atoms with Crippen molar-refractivity contribution in [3.8, 4) is 0 Å². The Bertz CT molecular complexity index is 681. The minimum atomic E-state index is -0.398. The van der Waals surface area contributed by atoms with E-state index in [4.69, 9.17) is 5.73 Å². The highest BCUT2D eigenvalue weighted by Gasteiger charge is 2.43. The van der Waals surface area contributed by atoms with Gasteiger partial charge < -0.3 is 11.1 Å². The summed E-state index contributed by atoms with van der Waals surface area (Å²) in [6, 6.07) is 0. The summed E-state index contributed by atoms with van der Waals surface area (Å²) in [4.78, 5) is 26.0. The van der Waals surface area contributed by atoms with Crippen LogP contribution in [0.4, 0.5) is 5.00 Å². The molecule has 1 aromatic rings. The van der Waals surface area contributed by atoms with E-state index >= 15 is 0 Å². The van der Waals surface area contributed by atoms with Crippen molar-refractivity contribution in [1.82, 2.24) is 0 Å². The van der Waals surface area contributed by atoms with Crippen molar-refractivity contribution in [2.24, 2.45) is 29.4 Å². The van der Waals surface area contributed by atoms with E-state index in [1.54, 1.807) is 11.3 Å². The molecule has 2 bridgehead atoms. The molecule has 3 N–H and O–H groups in total. The van der Waals surface area contributed by atoms with Gasteiger partial charge in [-0.25, -0.2) is 0 Å². The average Bonchev–Trinajstić information content (AvgIpc) is 3.26. The molecule has 0 spiro atoms. The lowest BCUT2D eigenvalue weighted by Crippen LogP contribution is -2.28. The van der Waals surface area contributed by atoms with Gasteiger partial charge in [0.25, 0.3) is 5.91 Å². The normalized spacial score (nSPS) is 31.0. The maximum absolute atomic E-state index is 12.8. The Kier molecular flexibility index (Phi) is 4.15. The number of carbonyl (C=O) groups excluding carboxylic acids is 2. The SMILES string of the molecule is CCC1CCc2c(sc(NC(=O)C3C[C@@H]4CC[C@H]3C4)c2C(N)=O)C1. The largest absolute Gasteiger partial charge is 0.365 e. The summed E-state index contributed by atoms with van der Waals surface area (Å²) in [6.45, 7) is 2.22. The number of amides is 2. The molecular formula is C19H26N2O2S. The quantitative estimate of drug-likeness (QED) is 0.872. The first kappa shape index (κ1) is 16.1. The molecule has 2 fully saturated rings. The van der Waals surface area contributed by atoms with E-state index in [0.717, 1.165) is 43.6 Å². The summed E-state index contributed by atoms with van der Waals surface area (Å²) in [5.41, 5.74) is 7.34. The minimum Gasteiger partial charge on any atom is -0.365 e. The number of primary amides is 1. The molecule has 2 unspecified atom stereocenters. The van der Waals surface area contributed by atoms with Crippen LogP contribution in [-0.4, -0.2) is 11.8 Å². The minimum absolute atomic E-state index is 0.107. The van der Waals surface area contributed by atoms with Crippen molar-refractivity contribution < 1.29 is 9.59 Å². The third-order valence-electron chi connectivity index (χ3n) is 6.50. The van der Waals surface area contributed by atoms with Gasteiger partial charge in [-0.2, -0.15) is 0 Å². The lowest BCUT2D eigenvalue weighted by Gasteiger charge is -2.21. The van der Waals surface area contributed by atoms with E-state index in [2.05, 4.69) is 12.2 Å². The maximum Gasteiger partial charge on any atom is 0.251 e. The molecule has 1 heterocycles. The van der Waals surface area contributed by atoms with Crippen molar-refractivity contribution >= 4 is 28.2 Å². The molecule has 4 rings (SSSR count). The Hall–Kier alpha value is -1.36. The zero-order valence-corrected chi connectivity index (χ0v) is 15.1. The summed E-state index contributed by atoms with van der Waals surface area (Å²) >= 11 is 1.58. The van der Waals surface area contributed by atoms with E-state index in [1.807, 2.05) is 0 Å². The lowest BCUT2D eigenvalue weighted by molar-refractivity contribution is -0.121. The molecular weight excluding hydrogens is 320 g/mol. The van der Waals surface area contributed by atoms with Crippen molar-refractivity contribution in [3.05, 3.63) is 16.0 Å². The molecule has 0 saturated heterocycles. The Morgan fingerprint density at radius 1 is 1.25 bits per heavy atom. The highest BCUT2D eigenvalue weighted by Crippen LogP contribution is 2.49. The summed E-state index contributed by atoms with van der Waals surface area (Å²) in [5, 5.41) is 3.79. The van der Waals surface area contributed by atoms with Gasteiger partial charge in [-0.1, -0.05) is 19.8 Å². The van der Waals surface area contributed by atoms with Crippen molar-refractivity contribution in [2.45, 2.75) is 58.3 Å². The number of fused-ring (bicyclic) bond motifs is 3. The first-order valence-electron chi connectivity index (χ1n) is 9.32. The molecule has 130 valence electrons. The highest BCUT2D eigenvalue weighted by atomic mass is 32.1. The van der Waals surface area contributed by atoms with Crippen LogP contribution in [0, 0.1) is 23.7 Å². The van der Waals surface area contributed by atoms with E-state index in [0.29, 0.717) is 22.4 Å². The first-order chi connectivity index (χ1) is 11.6. The van der Waals surface area contributed by atoms with Crippen molar-refractivity contribution in [2.75, 3.05) is 5.32 Å². The van der Waals surface area contributed by atoms with Gasteiger partial charge in [0.1, 0.15) is 5.00 Å². The van der Waals surface area contributed by atoms with Gasteiger partial charge in [-0.15, -0.1) is 11.3 Å². The monoisotopic (exact) mass is 346 g/mol. The molecule has 1 aromatic heterocycles. The number of rotatable bonds is 4. The molecule has 3 aliphatic rings. The van der Waals surface area contributed by atoms with Crippen LogP contribution >= 0.6 is 11.3 Å². The number of nitrogens with one attached hydrogen (secondary N) is 1.